The van der Waals surface area contributed by atoms with Crippen molar-refractivity contribution < 1.29 is 9.90 Å². The summed E-state index contributed by atoms with van der Waals surface area (Å²) in [6.07, 6.45) is 2.03. The highest BCUT2D eigenvalue weighted by Gasteiger charge is 2.06. The van der Waals surface area contributed by atoms with Crippen LogP contribution in [-0.4, -0.2) is 23.9 Å². The third-order valence-corrected chi connectivity index (χ3v) is 2.92. The molecule has 0 fully saturated rings. The fourth-order valence-electron chi connectivity index (χ4n) is 1.25. The fraction of sp³-hybridized carbons (Fsp3) is 0.364. The molecule has 0 bridgehead atoms. The van der Waals surface area contributed by atoms with Crippen LogP contribution >= 0.6 is 11.8 Å². The average Bonchev–Trinajstić information content (AvgIpc) is 2.26. The van der Waals surface area contributed by atoms with Crippen LogP contribution in [0.1, 0.15) is 18.5 Å². The smallest absolute Gasteiger partial charge is 0.317 e. The molecule has 0 aliphatic carbocycles. The van der Waals surface area contributed by atoms with Crippen molar-refractivity contribution in [2.45, 2.75) is 17.9 Å². The van der Waals surface area contributed by atoms with E-state index in [2.05, 4.69) is 5.32 Å². The minimum absolute atomic E-state index is 0.00849. The molecule has 1 aromatic carbocycles. The van der Waals surface area contributed by atoms with Crippen LogP contribution in [0, 0.1) is 0 Å². The first-order valence-corrected chi connectivity index (χ1v) is 5.95. The molecule has 0 saturated heterocycles. The van der Waals surface area contributed by atoms with Gasteiger partial charge in [0, 0.05) is 10.9 Å². The Morgan fingerprint density at radius 2 is 2.07 bits per heavy atom. The third-order valence-electron chi connectivity index (χ3n) is 2.18. The van der Waals surface area contributed by atoms with E-state index < -0.39 is 5.97 Å². The average molecular weight is 225 g/mol. The van der Waals surface area contributed by atoms with Crippen LogP contribution in [0.4, 0.5) is 0 Å². The molecule has 1 aromatic rings. The van der Waals surface area contributed by atoms with E-state index in [9.17, 15) is 4.79 Å². The molecule has 0 amide bonds. The van der Waals surface area contributed by atoms with Gasteiger partial charge in [0.2, 0.25) is 0 Å². The number of carbonyl (C=O) groups is 1. The van der Waals surface area contributed by atoms with E-state index in [0.717, 1.165) is 5.56 Å². The van der Waals surface area contributed by atoms with Gasteiger partial charge in [0.05, 0.1) is 6.54 Å². The van der Waals surface area contributed by atoms with E-state index in [1.807, 2.05) is 37.4 Å². The zero-order valence-corrected chi connectivity index (χ0v) is 9.67. The Bertz CT molecular complexity index is 324. The summed E-state index contributed by atoms with van der Waals surface area (Å²) in [7, 11) is 0. The van der Waals surface area contributed by atoms with E-state index >= 15 is 0 Å². The van der Waals surface area contributed by atoms with Gasteiger partial charge in [-0.1, -0.05) is 12.1 Å². The molecule has 1 unspecified atom stereocenters. The van der Waals surface area contributed by atoms with E-state index in [0.29, 0.717) is 0 Å². The minimum Gasteiger partial charge on any atom is -0.480 e. The fourth-order valence-corrected chi connectivity index (χ4v) is 1.66. The van der Waals surface area contributed by atoms with Crippen LogP contribution in [-0.2, 0) is 4.79 Å². The van der Waals surface area contributed by atoms with Crippen molar-refractivity contribution in [3.63, 3.8) is 0 Å². The third kappa shape index (κ3) is 3.93. The summed E-state index contributed by atoms with van der Waals surface area (Å²) < 4.78 is 0. The molecule has 82 valence electrons. The van der Waals surface area contributed by atoms with Gasteiger partial charge in [-0.05, 0) is 30.9 Å². The molecule has 1 rings (SSSR count). The maximum atomic E-state index is 10.4. The summed E-state index contributed by atoms with van der Waals surface area (Å²) >= 11 is 1.69. The molecule has 0 radical (unpaired) electrons. The predicted molar refractivity (Wildman–Crippen MR) is 62.3 cm³/mol. The van der Waals surface area contributed by atoms with Crippen LogP contribution < -0.4 is 5.32 Å². The van der Waals surface area contributed by atoms with E-state index in [1.165, 1.54) is 4.90 Å². The highest BCUT2D eigenvalue weighted by Crippen LogP contribution is 2.18. The maximum absolute atomic E-state index is 10.4. The number of nitrogens with one attached hydrogen (secondary N) is 1. The van der Waals surface area contributed by atoms with Crippen molar-refractivity contribution in [3.8, 4) is 0 Å². The normalized spacial score (nSPS) is 12.4. The number of thioether (sulfide) groups is 1. The zero-order valence-electron chi connectivity index (χ0n) is 8.86. The first-order valence-electron chi connectivity index (χ1n) is 4.72. The second-order valence-corrected chi connectivity index (χ2v) is 4.15. The largest absolute Gasteiger partial charge is 0.480 e. The monoisotopic (exact) mass is 225 g/mol. The lowest BCUT2D eigenvalue weighted by molar-refractivity contribution is -0.136. The molecule has 15 heavy (non-hydrogen) atoms. The Kier molecular flexibility index (Phi) is 4.65. The minimum atomic E-state index is -0.831. The van der Waals surface area contributed by atoms with Crippen molar-refractivity contribution in [1.29, 1.82) is 0 Å². The Labute approximate surface area is 93.9 Å². The van der Waals surface area contributed by atoms with Crippen molar-refractivity contribution in [2.24, 2.45) is 0 Å². The zero-order chi connectivity index (χ0) is 11.3. The maximum Gasteiger partial charge on any atom is 0.317 e. The first kappa shape index (κ1) is 12.1. The molecule has 1 atom stereocenters. The summed E-state index contributed by atoms with van der Waals surface area (Å²) in [6.45, 7) is 1.95. The van der Waals surface area contributed by atoms with Crippen molar-refractivity contribution in [3.05, 3.63) is 29.8 Å². The lowest BCUT2D eigenvalue weighted by atomic mass is 10.1. The van der Waals surface area contributed by atoms with Crippen LogP contribution in [0.5, 0.6) is 0 Å². The van der Waals surface area contributed by atoms with Gasteiger partial charge in [0.25, 0.3) is 0 Å². The Morgan fingerprint density at radius 3 is 2.53 bits per heavy atom. The molecule has 0 aliphatic rings. The lowest BCUT2D eigenvalue weighted by Crippen LogP contribution is -2.25. The molecule has 4 heteroatoms. The first-order chi connectivity index (χ1) is 7.13. The van der Waals surface area contributed by atoms with Gasteiger partial charge in [0.15, 0.2) is 0 Å². The van der Waals surface area contributed by atoms with Gasteiger partial charge in [-0.25, -0.2) is 0 Å². The summed E-state index contributed by atoms with van der Waals surface area (Å²) in [5.41, 5.74) is 1.11. The van der Waals surface area contributed by atoms with E-state index in [1.54, 1.807) is 11.8 Å². The Morgan fingerprint density at radius 1 is 1.47 bits per heavy atom. The molecule has 3 nitrogen and oxygen atoms in total. The summed E-state index contributed by atoms with van der Waals surface area (Å²) in [5, 5.41) is 11.5. The van der Waals surface area contributed by atoms with Crippen molar-refractivity contribution in [2.75, 3.05) is 12.8 Å². The van der Waals surface area contributed by atoms with Crippen molar-refractivity contribution >= 4 is 17.7 Å². The van der Waals surface area contributed by atoms with Gasteiger partial charge in [0.1, 0.15) is 0 Å². The van der Waals surface area contributed by atoms with Crippen LogP contribution in [0.15, 0.2) is 29.2 Å². The lowest BCUT2D eigenvalue weighted by Gasteiger charge is -2.12. The molecular formula is C11H15NO2S. The van der Waals surface area contributed by atoms with E-state index in [-0.39, 0.29) is 12.6 Å². The summed E-state index contributed by atoms with van der Waals surface area (Å²) in [5.74, 6) is -0.831. The second kappa shape index (κ2) is 5.78. The number of rotatable bonds is 5. The van der Waals surface area contributed by atoms with Crippen molar-refractivity contribution in [1.82, 2.24) is 5.32 Å². The van der Waals surface area contributed by atoms with Crippen LogP contribution in [0.25, 0.3) is 0 Å². The van der Waals surface area contributed by atoms with Gasteiger partial charge in [-0.3, -0.25) is 4.79 Å². The molecule has 0 aliphatic heterocycles. The Hall–Kier alpha value is -1.00. The summed E-state index contributed by atoms with van der Waals surface area (Å²) in [6, 6.07) is 8.19. The summed E-state index contributed by atoms with van der Waals surface area (Å²) in [4.78, 5) is 11.6. The molecule has 0 saturated carbocycles. The van der Waals surface area contributed by atoms with Crippen LogP contribution in [0.2, 0.25) is 0 Å². The topological polar surface area (TPSA) is 49.3 Å². The van der Waals surface area contributed by atoms with Crippen LogP contribution in [0.3, 0.4) is 0 Å². The number of carboxylic acid groups (broad SMARTS) is 1. The number of hydrogen-bond donors (Lipinski definition) is 2. The Balaban J connectivity index is 2.57. The molecule has 0 spiro atoms. The number of hydrogen-bond acceptors (Lipinski definition) is 3. The molecule has 0 heterocycles. The predicted octanol–water partition coefficient (Wildman–Crippen LogP) is 2.14. The standard InChI is InChI=1S/C11H15NO2S/c1-8(12-7-11(13)14)9-3-5-10(15-2)6-4-9/h3-6,8,12H,7H2,1-2H3,(H,13,14). The number of benzene rings is 1. The molecule has 0 aromatic heterocycles. The highest BCUT2D eigenvalue weighted by atomic mass is 32.2. The quantitative estimate of drug-likeness (QED) is 0.754. The van der Waals surface area contributed by atoms with Gasteiger partial charge in [-0.2, -0.15) is 0 Å². The number of aliphatic carboxylic acids is 1. The van der Waals surface area contributed by atoms with Gasteiger partial charge < -0.3 is 10.4 Å². The molecule has 2 N–H and O–H groups in total. The highest BCUT2D eigenvalue weighted by molar-refractivity contribution is 7.98. The number of carboxylic acids is 1. The van der Waals surface area contributed by atoms with Gasteiger partial charge >= 0.3 is 5.97 Å². The van der Waals surface area contributed by atoms with E-state index in [4.69, 9.17) is 5.11 Å². The molecular weight excluding hydrogens is 210 g/mol. The second-order valence-electron chi connectivity index (χ2n) is 3.27. The SMILES string of the molecule is CSc1ccc(C(C)NCC(=O)O)cc1. The van der Waals surface area contributed by atoms with Gasteiger partial charge in [-0.15, -0.1) is 11.8 Å².